The van der Waals surface area contributed by atoms with Crippen molar-refractivity contribution in [1.29, 1.82) is 0 Å². The summed E-state index contributed by atoms with van der Waals surface area (Å²) >= 11 is 0. The molecule has 0 bridgehead atoms. The number of carbonyl (C=O) groups excluding carboxylic acids is 1. The van der Waals surface area contributed by atoms with Crippen molar-refractivity contribution in [1.82, 2.24) is 9.78 Å². The Hall–Kier alpha value is -1.68. The summed E-state index contributed by atoms with van der Waals surface area (Å²) in [6.07, 6.45) is 0.642. The lowest BCUT2D eigenvalue weighted by atomic mass is 10.2. The van der Waals surface area contributed by atoms with Gasteiger partial charge in [0.25, 0.3) is 0 Å². The lowest BCUT2D eigenvalue weighted by Crippen LogP contribution is -2.03. The molecule has 0 radical (unpaired) electrons. The molecule has 4 heteroatoms. The van der Waals surface area contributed by atoms with Gasteiger partial charge in [0.2, 0.25) is 0 Å². The molecule has 0 fully saturated rings. The summed E-state index contributed by atoms with van der Waals surface area (Å²) in [4.78, 5) is 11.4. The molecule has 0 unspecified atom stereocenters. The topological polar surface area (TPSA) is 55.1 Å². The number of rotatable bonds is 4. The molecule has 1 aromatic heterocycles. The first-order valence-corrected chi connectivity index (χ1v) is 5.31. The van der Waals surface area contributed by atoms with Crippen LogP contribution in [-0.4, -0.2) is 27.3 Å². The Morgan fingerprint density at radius 3 is 2.88 bits per heavy atom. The van der Waals surface area contributed by atoms with Gasteiger partial charge in [0.1, 0.15) is 5.69 Å². The van der Waals surface area contributed by atoms with Crippen LogP contribution in [0.15, 0.2) is 24.3 Å². The predicted octanol–water partition coefficient (Wildman–Crippen LogP) is 1.62. The molecule has 0 atom stereocenters. The van der Waals surface area contributed by atoms with E-state index in [-0.39, 0.29) is 12.4 Å². The van der Waals surface area contributed by atoms with Crippen molar-refractivity contribution in [2.24, 2.45) is 0 Å². The minimum absolute atomic E-state index is 0.0288. The van der Waals surface area contributed by atoms with Crippen molar-refractivity contribution in [3.8, 4) is 0 Å². The Morgan fingerprint density at radius 1 is 1.44 bits per heavy atom. The molecule has 84 valence electrons. The number of Topliss-reactive ketones (excluding diaryl/α,β-unsaturated/α-hetero) is 1. The number of hydrogen-bond donors (Lipinski definition) is 1. The van der Waals surface area contributed by atoms with E-state index in [4.69, 9.17) is 5.11 Å². The van der Waals surface area contributed by atoms with Gasteiger partial charge >= 0.3 is 0 Å². The van der Waals surface area contributed by atoms with Crippen molar-refractivity contribution >= 4 is 16.7 Å². The summed E-state index contributed by atoms with van der Waals surface area (Å²) in [5.74, 6) is -0.0288. The van der Waals surface area contributed by atoms with Crippen molar-refractivity contribution in [2.75, 3.05) is 6.61 Å². The second-order valence-electron chi connectivity index (χ2n) is 3.72. The lowest BCUT2D eigenvalue weighted by Gasteiger charge is -2.00. The van der Waals surface area contributed by atoms with Crippen LogP contribution in [0.5, 0.6) is 0 Å². The highest BCUT2D eigenvalue weighted by Gasteiger charge is 2.12. The summed E-state index contributed by atoms with van der Waals surface area (Å²) in [6, 6.07) is 7.65. The van der Waals surface area contributed by atoms with Crippen molar-refractivity contribution in [3.63, 3.8) is 0 Å². The molecule has 0 amide bonds. The SMILES string of the molecule is CC(=O)c1nn(CCCO)c2ccccc12. The fourth-order valence-electron chi connectivity index (χ4n) is 1.78. The molecule has 0 saturated carbocycles. The van der Waals surface area contributed by atoms with Crippen LogP contribution in [-0.2, 0) is 6.54 Å². The number of ketones is 1. The average Bonchev–Trinajstić information content (AvgIpc) is 2.65. The number of benzene rings is 1. The maximum absolute atomic E-state index is 11.4. The zero-order valence-corrected chi connectivity index (χ0v) is 9.18. The average molecular weight is 218 g/mol. The van der Waals surface area contributed by atoms with Gasteiger partial charge in [-0.1, -0.05) is 18.2 Å². The number of fused-ring (bicyclic) bond motifs is 1. The summed E-state index contributed by atoms with van der Waals surface area (Å²) in [5, 5.41) is 14.0. The normalized spacial score (nSPS) is 10.9. The third-order valence-corrected chi connectivity index (χ3v) is 2.52. The minimum atomic E-state index is -0.0288. The molecule has 0 saturated heterocycles. The molecule has 1 N–H and O–H groups in total. The Labute approximate surface area is 93.5 Å². The van der Waals surface area contributed by atoms with Crippen LogP contribution in [0, 0.1) is 0 Å². The van der Waals surface area contributed by atoms with Gasteiger partial charge < -0.3 is 5.11 Å². The van der Waals surface area contributed by atoms with E-state index in [2.05, 4.69) is 5.10 Å². The maximum Gasteiger partial charge on any atom is 0.180 e. The molecule has 0 aliphatic rings. The van der Waals surface area contributed by atoms with E-state index in [1.807, 2.05) is 24.3 Å². The van der Waals surface area contributed by atoms with Crippen LogP contribution >= 0.6 is 0 Å². The molecular formula is C12H14N2O2. The number of aliphatic hydroxyl groups is 1. The van der Waals surface area contributed by atoms with Crippen LogP contribution in [0.1, 0.15) is 23.8 Å². The Kier molecular flexibility index (Phi) is 3.01. The highest BCUT2D eigenvalue weighted by atomic mass is 16.3. The van der Waals surface area contributed by atoms with Gasteiger partial charge in [0.15, 0.2) is 5.78 Å². The predicted molar refractivity (Wildman–Crippen MR) is 61.4 cm³/mol. The van der Waals surface area contributed by atoms with Crippen molar-refractivity contribution in [2.45, 2.75) is 19.9 Å². The first-order chi connectivity index (χ1) is 7.74. The molecule has 16 heavy (non-hydrogen) atoms. The summed E-state index contributed by atoms with van der Waals surface area (Å²) < 4.78 is 1.78. The Bertz CT molecular complexity index is 517. The molecular weight excluding hydrogens is 204 g/mol. The zero-order chi connectivity index (χ0) is 11.5. The van der Waals surface area contributed by atoms with E-state index in [1.54, 1.807) is 4.68 Å². The van der Waals surface area contributed by atoms with Crippen molar-refractivity contribution < 1.29 is 9.90 Å². The van der Waals surface area contributed by atoms with E-state index in [9.17, 15) is 4.79 Å². The van der Waals surface area contributed by atoms with Gasteiger partial charge in [-0.3, -0.25) is 9.48 Å². The fourth-order valence-corrected chi connectivity index (χ4v) is 1.78. The first-order valence-electron chi connectivity index (χ1n) is 5.31. The second kappa shape index (κ2) is 4.45. The quantitative estimate of drug-likeness (QED) is 0.793. The van der Waals surface area contributed by atoms with E-state index < -0.39 is 0 Å². The Morgan fingerprint density at radius 2 is 2.19 bits per heavy atom. The third kappa shape index (κ3) is 1.84. The number of aliphatic hydroxyl groups excluding tert-OH is 1. The van der Waals surface area contributed by atoms with E-state index >= 15 is 0 Å². The maximum atomic E-state index is 11.4. The molecule has 0 aliphatic heterocycles. The molecule has 4 nitrogen and oxygen atoms in total. The molecule has 0 aliphatic carbocycles. The van der Waals surface area contributed by atoms with E-state index in [0.717, 1.165) is 10.9 Å². The van der Waals surface area contributed by atoms with Gasteiger partial charge in [0.05, 0.1) is 5.52 Å². The van der Waals surface area contributed by atoms with Gasteiger partial charge in [-0.25, -0.2) is 0 Å². The Balaban J connectivity index is 2.53. The van der Waals surface area contributed by atoms with Crippen LogP contribution < -0.4 is 0 Å². The van der Waals surface area contributed by atoms with Gasteiger partial charge in [-0.15, -0.1) is 0 Å². The largest absolute Gasteiger partial charge is 0.396 e. The van der Waals surface area contributed by atoms with Gasteiger partial charge in [0, 0.05) is 25.5 Å². The fraction of sp³-hybridized carbons (Fsp3) is 0.333. The molecule has 0 spiro atoms. The summed E-state index contributed by atoms with van der Waals surface area (Å²) in [6.45, 7) is 2.28. The van der Waals surface area contributed by atoms with Crippen LogP contribution in [0.25, 0.3) is 10.9 Å². The number of nitrogens with zero attached hydrogens (tertiary/aromatic N) is 2. The third-order valence-electron chi connectivity index (χ3n) is 2.52. The summed E-state index contributed by atoms with van der Waals surface area (Å²) in [7, 11) is 0. The number of para-hydroxylation sites is 1. The highest BCUT2D eigenvalue weighted by molar-refractivity contribution is 6.04. The number of carbonyl (C=O) groups is 1. The molecule has 1 aromatic carbocycles. The monoisotopic (exact) mass is 218 g/mol. The molecule has 2 rings (SSSR count). The van der Waals surface area contributed by atoms with E-state index in [1.165, 1.54) is 6.92 Å². The smallest absolute Gasteiger partial charge is 0.180 e. The van der Waals surface area contributed by atoms with Crippen LogP contribution in [0.2, 0.25) is 0 Å². The highest BCUT2D eigenvalue weighted by Crippen LogP contribution is 2.18. The number of aryl methyl sites for hydroxylation is 1. The molecule has 1 heterocycles. The first kappa shape index (κ1) is 10.8. The van der Waals surface area contributed by atoms with Gasteiger partial charge in [-0.2, -0.15) is 5.10 Å². The standard InChI is InChI=1S/C12H14N2O2/c1-9(16)12-10-5-2-3-6-11(10)14(13-12)7-4-8-15/h2-3,5-6,15H,4,7-8H2,1H3. The van der Waals surface area contributed by atoms with Crippen LogP contribution in [0.4, 0.5) is 0 Å². The molecule has 2 aromatic rings. The van der Waals surface area contributed by atoms with Crippen molar-refractivity contribution in [3.05, 3.63) is 30.0 Å². The lowest BCUT2D eigenvalue weighted by molar-refractivity contribution is 0.101. The second-order valence-corrected chi connectivity index (χ2v) is 3.72. The number of aromatic nitrogens is 2. The minimum Gasteiger partial charge on any atom is -0.396 e. The zero-order valence-electron chi connectivity index (χ0n) is 9.18. The van der Waals surface area contributed by atoms with Gasteiger partial charge in [-0.05, 0) is 12.5 Å². The summed E-state index contributed by atoms with van der Waals surface area (Å²) in [5.41, 5.74) is 1.45. The van der Waals surface area contributed by atoms with E-state index in [0.29, 0.717) is 18.7 Å². The number of hydrogen-bond acceptors (Lipinski definition) is 3. The van der Waals surface area contributed by atoms with Crippen LogP contribution in [0.3, 0.4) is 0 Å².